The number of ether oxygens (including phenoxy) is 1. The van der Waals surface area contributed by atoms with Gasteiger partial charge in [0.2, 0.25) is 0 Å². The molecule has 0 atom stereocenters. The number of hydrogen-bond acceptors (Lipinski definition) is 1. The Hall–Kier alpha value is -1.45. The zero-order valence-electron chi connectivity index (χ0n) is 22.2. The summed E-state index contributed by atoms with van der Waals surface area (Å²) in [6.45, 7) is 3.21. The highest BCUT2D eigenvalue weighted by atomic mass is 28.2. The van der Waals surface area contributed by atoms with Crippen molar-refractivity contribution in [3.8, 4) is 0 Å². The SMILES string of the molecule is CCCC[SiH2]c1ccc(CCc2ccc([C@H]3CC[C@H]([C@H]4CC[C@H](COC)CC4)CC3)cc2F)cc1. The van der Waals surface area contributed by atoms with Gasteiger partial charge in [-0.05, 0) is 111 Å². The van der Waals surface area contributed by atoms with Crippen molar-refractivity contribution in [2.45, 2.75) is 95.9 Å². The molecule has 0 heterocycles. The molecule has 2 saturated carbocycles. The Kier molecular flexibility index (Phi) is 10.4. The second-order valence-corrected chi connectivity index (χ2v) is 13.5. The van der Waals surface area contributed by atoms with E-state index in [0.717, 1.165) is 42.8 Å². The van der Waals surface area contributed by atoms with Crippen LogP contribution in [0.1, 0.15) is 93.7 Å². The third-order valence-electron chi connectivity index (χ3n) is 9.06. The third-order valence-corrected chi connectivity index (χ3v) is 11.0. The fraction of sp³-hybridized carbons (Fsp3) is 0.625. The first-order chi connectivity index (χ1) is 17.2. The molecule has 4 rings (SSSR count). The summed E-state index contributed by atoms with van der Waals surface area (Å²) in [5.41, 5.74) is 3.43. The Morgan fingerprint density at radius 3 is 2.17 bits per heavy atom. The average molecular weight is 495 g/mol. The molecule has 192 valence electrons. The van der Waals surface area contributed by atoms with E-state index in [4.69, 9.17) is 4.74 Å². The summed E-state index contributed by atoms with van der Waals surface area (Å²) in [5.74, 6) is 3.13. The summed E-state index contributed by atoms with van der Waals surface area (Å²) >= 11 is 0. The van der Waals surface area contributed by atoms with Gasteiger partial charge in [-0.25, -0.2) is 4.39 Å². The molecule has 2 aliphatic rings. The molecule has 1 nitrogen and oxygen atoms in total. The smallest absolute Gasteiger partial charge is 0.126 e. The maximum Gasteiger partial charge on any atom is 0.126 e. The first-order valence-corrected chi connectivity index (χ1v) is 16.2. The normalized spacial score (nSPS) is 25.3. The standard InChI is InChI=1S/C32H47FOSi/c1-3-4-21-35-31-19-8-24(9-20-31)5-12-29-17-18-30(22-32(29)33)28-15-13-27(14-16-28)26-10-6-25(7-11-26)23-34-2/h8-9,17-20,22,25-28H,3-7,10-16,21,23,35H2,1-2H3/t25-,26-,27-,28-. The lowest BCUT2D eigenvalue weighted by Crippen LogP contribution is -2.26. The van der Waals surface area contributed by atoms with Gasteiger partial charge in [0.15, 0.2) is 0 Å². The zero-order valence-corrected chi connectivity index (χ0v) is 23.7. The van der Waals surface area contributed by atoms with Gasteiger partial charge in [-0.15, -0.1) is 0 Å². The fourth-order valence-corrected chi connectivity index (χ4v) is 8.46. The van der Waals surface area contributed by atoms with Crippen LogP contribution in [0.4, 0.5) is 4.39 Å². The molecule has 0 amide bonds. The van der Waals surface area contributed by atoms with Crippen LogP contribution in [0.5, 0.6) is 0 Å². The molecule has 0 spiro atoms. The molecule has 2 aromatic rings. The van der Waals surface area contributed by atoms with E-state index in [1.54, 1.807) is 5.19 Å². The molecule has 0 unspecified atom stereocenters. The molecule has 2 fully saturated rings. The Bertz CT molecular complexity index is 879. The largest absolute Gasteiger partial charge is 0.384 e. The molecule has 0 N–H and O–H groups in total. The number of methoxy groups -OCH3 is 1. The number of halogens is 1. The Balaban J connectivity index is 1.23. The second-order valence-electron chi connectivity index (χ2n) is 11.5. The lowest BCUT2D eigenvalue weighted by molar-refractivity contribution is 0.0968. The van der Waals surface area contributed by atoms with Crippen molar-refractivity contribution < 1.29 is 9.13 Å². The van der Waals surface area contributed by atoms with Crippen molar-refractivity contribution in [1.29, 1.82) is 0 Å². The van der Waals surface area contributed by atoms with Gasteiger partial charge in [0.05, 0.1) is 9.52 Å². The molecule has 0 aliphatic heterocycles. The van der Waals surface area contributed by atoms with Crippen LogP contribution in [-0.4, -0.2) is 23.2 Å². The van der Waals surface area contributed by atoms with Crippen LogP contribution in [-0.2, 0) is 17.6 Å². The van der Waals surface area contributed by atoms with Gasteiger partial charge in [0, 0.05) is 13.7 Å². The molecule has 0 bridgehead atoms. The van der Waals surface area contributed by atoms with Crippen LogP contribution < -0.4 is 5.19 Å². The predicted molar refractivity (Wildman–Crippen MR) is 150 cm³/mol. The highest BCUT2D eigenvalue weighted by Crippen LogP contribution is 2.44. The Morgan fingerprint density at radius 2 is 1.54 bits per heavy atom. The first-order valence-electron chi connectivity index (χ1n) is 14.5. The summed E-state index contributed by atoms with van der Waals surface area (Å²) in [4.78, 5) is 0. The molecule has 0 aromatic heterocycles. The Morgan fingerprint density at radius 1 is 0.857 bits per heavy atom. The van der Waals surface area contributed by atoms with Crippen molar-refractivity contribution >= 4 is 14.7 Å². The van der Waals surface area contributed by atoms with E-state index in [1.807, 2.05) is 13.2 Å². The quantitative estimate of drug-likeness (QED) is 0.234. The maximum absolute atomic E-state index is 15.0. The van der Waals surface area contributed by atoms with Crippen molar-refractivity contribution in [1.82, 2.24) is 0 Å². The summed E-state index contributed by atoms with van der Waals surface area (Å²) in [6.07, 6.45) is 14.9. The first kappa shape index (κ1) is 26.6. The van der Waals surface area contributed by atoms with E-state index in [0.29, 0.717) is 5.92 Å². The van der Waals surface area contributed by atoms with Crippen LogP contribution in [0.15, 0.2) is 42.5 Å². The van der Waals surface area contributed by atoms with Crippen LogP contribution >= 0.6 is 0 Å². The highest BCUT2D eigenvalue weighted by molar-refractivity contribution is 6.53. The number of hydrogen-bond donors (Lipinski definition) is 0. The van der Waals surface area contributed by atoms with Crippen LogP contribution in [0, 0.1) is 23.6 Å². The predicted octanol–water partition coefficient (Wildman–Crippen LogP) is 7.35. The zero-order chi connectivity index (χ0) is 24.5. The molecule has 0 radical (unpaired) electrons. The minimum Gasteiger partial charge on any atom is -0.384 e. The molecular formula is C32H47FOSi. The van der Waals surface area contributed by atoms with E-state index >= 15 is 4.39 Å². The van der Waals surface area contributed by atoms with E-state index in [2.05, 4.69) is 43.3 Å². The number of benzene rings is 2. The van der Waals surface area contributed by atoms with E-state index < -0.39 is 0 Å². The molecule has 35 heavy (non-hydrogen) atoms. The highest BCUT2D eigenvalue weighted by Gasteiger charge is 2.31. The van der Waals surface area contributed by atoms with Crippen molar-refractivity contribution in [3.63, 3.8) is 0 Å². The molecular weight excluding hydrogens is 447 g/mol. The third kappa shape index (κ3) is 7.76. The van der Waals surface area contributed by atoms with Gasteiger partial charge < -0.3 is 4.74 Å². The van der Waals surface area contributed by atoms with Gasteiger partial charge in [-0.3, -0.25) is 0 Å². The van der Waals surface area contributed by atoms with E-state index in [1.165, 1.54) is 81.4 Å². The topological polar surface area (TPSA) is 9.23 Å². The van der Waals surface area contributed by atoms with E-state index in [9.17, 15) is 0 Å². The van der Waals surface area contributed by atoms with Crippen LogP contribution in [0.25, 0.3) is 0 Å². The van der Waals surface area contributed by atoms with Gasteiger partial charge in [-0.2, -0.15) is 0 Å². The van der Waals surface area contributed by atoms with E-state index in [-0.39, 0.29) is 15.3 Å². The number of aryl methyl sites for hydroxylation is 2. The molecule has 2 aliphatic carbocycles. The van der Waals surface area contributed by atoms with Crippen molar-refractivity contribution in [3.05, 3.63) is 65.0 Å². The minimum absolute atomic E-state index is 0.00434. The van der Waals surface area contributed by atoms with Gasteiger partial charge in [0.25, 0.3) is 0 Å². The molecule has 0 saturated heterocycles. The average Bonchev–Trinajstić information content (AvgIpc) is 2.90. The summed E-state index contributed by atoms with van der Waals surface area (Å²) in [5, 5.41) is 1.56. The molecule has 2 aromatic carbocycles. The van der Waals surface area contributed by atoms with Crippen LogP contribution in [0.2, 0.25) is 6.04 Å². The van der Waals surface area contributed by atoms with Gasteiger partial charge >= 0.3 is 0 Å². The Labute approximate surface area is 216 Å². The lowest BCUT2D eigenvalue weighted by atomic mass is 9.68. The van der Waals surface area contributed by atoms with Gasteiger partial charge in [0.1, 0.15) is 5.82 Å². The van der Waals surface area contributed by atoms with Crippen LogP contribution in [0.3, 0.4) is 0 Å². The monoisotopic (exact) mass is 494 g/mol. The second kappa shape index (κ2) is 13.7. The number of rotatable bonds is 11. The summed E-state index contributed by atoms with van der Waals surface area (Å²) < 4.78 is 20.4. The maximum atomic E-state index is 15.0. The minimum atomic E-state index is -0.103. The lowest BCUT2D eigenvalue weighted by Gasteiger charge is -2.38. The fourth-order valence-electron chi connectivity index (χ4n) is 6.74. The van der Waals surface area contributed by atoms with Crippen molar-refractivity contribution in [2.24, 2.45) is 17.8 Å². The van der Waals surface area contributed by atoms with Gasteiger partial charge in [-0.1, -0.05) is 67.4 Å². The van der Waals surface area contributed by atoms with Crippen molar-refractivity contribution in [2.75, 3.05) is 13.7 Å². The summed E-state index contributed by atoms with van der Waals surface area (Å²) in [6, 6.07) is 16.7. The summed E-state index contributed by atoms with van der Waals surface area (Å²) in [7, 11) is 1.73. The molecule has 3 heteroatoms. The number of unbranched alkanes of at least 4 members (excludes halogenated alkanes) is 1.